The van der Waals surface area contributed by atoms with Gasteiger partial charge in [0.25, 0.3) is 0 Å². The second-order valence-electron chi connectivity index (χ2n) is 5.80. The van der Waals surface area contributed by atoms with E-state index >= 15 is 0 Å². The molecular formula is C14H22N4O2. The van der Waals surface area contributed by atoms with Gasteiger partial charge in [0, 0.05) is 39.0 Å². The summed E-state index contributed by atoms with van der Waals surface area (Å²) in [6.07, 6.45) is 4.60. The minimum atomic E-state index is 0.292. The predicted octanol–water partition coefficient (Wildman–Crippen LogP) is 1.21. The Hall–Kier alpha value is -1.43. The number of aromatic nitrogens is 2. The Morgan fingerprint density at radius 2 is 1.90 bits per heavy atom. The minimum absolute atomic E-state index is 0.292. The molecule has 110 valence electrons. The number of rotatable bonds is 3. The molecule has 2 aliphatic rings. The third kappa shape index (κ3) is 3.00. The number of nitrogens with zero attached hydrogens (tertiary/aromatic N) is 4. The molecule has 6 nitrogen and oxygen atoms in total. The molecule has 0 N–H and O–H groups in total. The molecule has 1 saturated heterocycles. The number of amides is 1. The van der Waals surface area contributed by atoms with E-state index < -0.39 is 0 Å². The molecule has 0 radical (unpaired) electrons. The molecule has 2 fully saturated rings. The van der Waals surface area contributed by atoms with Gasteiger partial charge in [-0.15, -0.1) is 10.2 Å². The minimum Gasteiger partial charge on any atom is -0.424 e. The Morgan fingerprint density at radius 1 is 1.20 bits per heavy atom. The molecule has 0 bridgehead atoms. The summed E-state index contributed by atoms with van der Waals surface area (Å²) < 4.78 is 5.40. The van der Waals surface area contributed by atoms with Crippen LogP contribution in [0.15, 0.2) is 4.42 Å². The van der Waals surface area contributed by atoms with Crippen LogP contribution in [-0.4, -0.2) is 52.1 Å². The summed E-state index contributed by atoms with van der Waals surface area (Å²) in [5.41, 5.74) is 0. The first-order valence-electron chi connectivity index (χ1n) is 7.52. The number of aryl methyl sites for hydroxylation is 1. The summed E-state index contributed by atoms with van der Waals surface area (Å²) >= 11 is 0. The van der Waals surface area contributed by atoms with Gasteiger partial charge in [-0.05, 0) is 12.8 Å². The molecule has 6 heteroatoms. The van der Waals surface area contributed by atoms with E-state index in [-0.39, 0.29) is 0 Å². The first-order chi connectivity index (χ1) is 9.72. The molecule has 20 heavy (non-hydrogen) atoms. The van der Waals surface area contributed by atoms with Gasteiger partial charge < -0.3 is 9.32 Å². The van der Waals surface area contributed by atoms with E-state index in [4.69, 9.17) is 4.42 Å². The molecule has 1 saturated carbocycles. The fourth-order valence-electron chi connectivity index (χ4n) is 3.15. The lowest BCUT2D eigenvalue weighted by Crippen LogP contribution is -2.49. The van der Waals surface area contributed by atoms with Gasteiger partial charge in [-0.1, -0.05) is 12.8 Å². The molecule has 0 unspecified atom stereocenters. The lowest BCUT2D eigenvalue weighted by Gasteiger charge is -2.35. The number of carbonyl (C=O) groups is 1. The maximum absolute atomic E-state index is 12.3. The van der Waals surface area contributed by atoms with Crippen LogP contribution in [0.4, 0.5) is 0 Å². The quantitative estimate of drug-likeness (QED) is 0.831. The van der Waals surface area contributed by atoms with Crippen LogP contribution in [0.3, 0.4) is 0 Å². The lowest BCUT2D eigenvalue weighted by atomic mass is 10.1. The maximum Gasteiger partial charge on any atom is 0.230 e. The zero-order valence-electron chi connectivity index (χ0n) is 12.0. The van der Waals surface area contributed by atoms with Gasteiger partial charge in [-0.3, -0.25) is 9.69 Å². The smallest absolute Gasteiger partial charge is 0.230 e. The Kier molecular flexibility index (Phi) is 4.00. The van der Waals surface area contributed by atoms with Crippen LogP contribution in [-0.2, 0) is 11.3 Å². The molecule has 0 atom stereocenters. The molecule has 1 aromatic heterocycles. The van der Waals surface area contributed by atoms with Crippen LogP contribution >= 0.6 is 0 Å². The van der Waals surface area contributed by atoms with Crippen molar-refractivity contribution in [3.05, 3.63) is 11.8 Å². The summed E-state index contributed by atoms with van der Waals surface area (Å²) in [6, 6.07) is 0. The monoisotopic (exact) mass is 278 g/mol. The molecular weight excluding hydrogens is 256 g/mol. The van der Waals surface area contributed by atoms with Crippen molar-refractivity contribution in [3.63, 3.8) is 0 Å². The highest BCUT2D eigenvalue weighted by Gasteiger charge is 2.29. The Morgan fingerprint density at radius 3 is 2.50 bits per heavy atom. The summed E-state index contributed by atoms with van der Waals surface area (Å²) in [6.45, 7) is 5.91. The molecule has 1 aromatic rings. The van der Waals surface area contributed by atoms with E-state index in [0.717, 1.165) is 39.0 Å². The van der Waals surface area contributed by atoms with Gasteiger partial charge in [0.15, 0.2) is 0 Å². The second kappa shape index (κ2) is 5.91. The van der Waals surface area contributed by atoms with Gasteiger partial charge >= 0.3 is 0 Å². The topological polar surface area (TPSA) is 62.5 Å². The van der Waals surface area contributed by atoms with Crippen LogP contribution in [0.5, 0.6) is 0 Å². The fraction of sp³-hybridized carbons (Fsp3) is 0.786. The van der Waals surface area contributed by atoms with E-state index in [9.17, 15) is 4.79 Å². The maximum atomic E-state index is 12.3. The molecule has 2 heterocycles. The third-order valence-corrected chi connectivity index (χ3v) is 4.32. The van der Waals surface area contributed by atoms with Crippen LogP contribution in [0.25, 0.3) is 0 Å². The van der Waals surface area contributed by atoms with Crippen LogP contribution < -0.4 is 0 Å². The zero-order chi connectivity index (χ0) is 13.9. The summed E-state index contributed by atoms with van der Waals surface area (Å²) in [4.78, 5) is 16.6. The van der Waals surface area contributed by atoms with Gasteiger partial charge in [0.05, 0.1) is 6.54 Å². The summed E-state index contributed by atoms with van der Waals surface area (Å²) in [5.74, 6) is 1.93. The fourth-order valence-corrected chi connectivity index (χ4v) is 3.15. The lowest BCUT2D eigenvalue weighted by molar-refractivity contribution is -0.137. The van der Waals surface area contributed by atoms with Crippen molar-refractivity contribution in [1.82, 2.24) is 20.0 Å². The highest BCUT2D eigenvalue weighted by Crippen LogP contribution is 2.27. The van der Waals surface area contributed by atoms with Crippen molar-refractivity contribution in [2.24, 2.45) is 5.92 Å². The molecule has 0 aromatic carbocycles. The Balaban J connectivity index is 1.48. The van der Waals surface area contributed by atoms with Crippen molar-refractivity contribution in [3.8, 4) is 0 Å². The van der Waals surface area contributed by atoms with E-state index in [0.29, 0.717) is 30.2 Å². The first kappa shape index (κ1) is 13.5. The number of hydrogen-bond acceptors (Lipinski definition) is 5. The van der Waals surface area contributed by atoms with Gasteiger partial charge in [-0.25, -0.2) is 0 Å². The molecule has 0 spiro atoms. The largest absolute Gasteiger partial charge is 0.424 e. The van der Waals surface area contributed by atoms with Crippen molar-refractivity contribution < 1.29 is 9.21 Å². The molecule has 1 aliphatic carbocycles. The third-order valence-electron chi connectivity index (χ3n) is 4.32. The van der Waals surface area contributed by atoms with Crippen molar-refractivity contribution in [2.75, 3.05) is 26.2 Å². The van der Waals surface area contributed by atoms with E-state index in [1.165, 1.54) is 12.8 Å². The van der Waals surface area contributed by atoms with Crippen molar-refractivity contribution >= 4 is 5.91 Å². The van der Waals surface area contributed by atoms with Crippen molar-refractivity contribution in [1.29, 1.82) is 0 Å². The second-order valence-corrected chi connectivity index (χ2v) is 5.80. The van der Waals surface area contributed by atoms with Gasteiger partial charge in [-0.2, -0.15) is 0 Å². The van der Waals surface area contributed by atoms with E-state index in [2.05, 4.69) is 15.1 Å². The number of carbonyl (C=O) groups excluding carboxylic acids is 1. The highest BCUT2D eigenvalue weighted by molar-refractivity contribution is 5.79. The van der Waals surface area contributed by atoms with Crippen molar-refractivity contribution in [2.45, 2.75) is 39.2 Å². The zero-order valence-corrected chi connectivity index (χ0v) is 12.0. The number of hydrogen-bond donors (Lipinski definition) is 0. The predicted molar refractivity (Wildman–Crippen MR) is 72.9 cm³/mol. The summed E-state index contributed by atoms with van der Waals surface area (Å²) in [7, 11) is 0. The summed E-state index contributed by atoms with van der Waals surface area (Å²) in [5, 5.41) is 7.86. The molecule has 1 aliphatic heterocycles. The molecule has 1 amide bonds. The van der Waals surface area contributed by atoms with Crippen LogP contribution in [0.1, 0.15) is 37.5 Å². The van der Waals surface area contributed by atoms with Gasteiger partial charge in [0.1, 0.15) is 0 Å². The van der Waals surface area contributed by atoms with Gasteiger partial charge in [0.2, 0.25) is 17.7 Å². The Labute approximate surface area is 119 Å². The standard InChI is InChI=1S/C14H22N4O2/c1-11-15-16-13(20-11)10-17-6-8-18(9-7-17)14(19)12-4-2-3-5-12/h12H,2-10H2,1H3. The first-order valence-corrected chi connectivity index (χ1v) is 7.52. The normalized spacial score (nSPS) is 21.6. The average molecular weight is 278 g/mol. The number of piperazine rings is 1. The molecule has 3 rings (SSSR count). The van der Waals surface area contributed by atoms with Crippen LogP contribution in [0.2, 0.25) is 0 Å². The highest BCUT2D eigenvalue weighted by atomic mass is 16.4. The average Bonchev–Trinajstić information content (AvgIpc) is 3.11. The van der Waals surface area contributed by atoms with Crippen LogP contribution in [0, 0.1) is 12.8 Å². The van der Waals surface area contributed by atoms with E-state index in [1.54, 1.807) is 6.92 Å². The van der Waals surface area contributed by atoms with E-state index in [1.807, 2.05) is 4.90 Å². The Bertz CT molecular complexity index is 459. The SMILES string of the molecule is Cc1nnc(CN2CCN(C(=O)C3CCCC3)CC2)o1.